The molecule has 1 fully saturated rings. The van der Waals surface area contributed by atoms with E-state index in [1.165, 1.54) is 7.11 Å². The number of nitrogens with zero attached hydrogens (tertiary/aromatic N) is 1. The molecule has 1 rings (SSSR count). The van der Waals surface area contributed by atoms with Crippen molar-refractivity contribution in [1.29, 1.82) is 0 Å². The van der Waals surface area contributed by atoms with Gasteiger partial charge in [-0.05, 0) is 6.92 Å². The molecule has 2 atom stereocenters. The lowest BCUT2D eigenvalue weighted by atomic mass is 10.1. The van der Waals surface area contributed by atoms with Crippen LogP contribution in [0, 0.1) is 0 Å². The number of ether oxygens (including phenoxy) is 1. The SMILES string of the molecule is COC(=O)[C@@H](N)[C@@H](C)N1C(=O)CSC1=O. The maximum Gasteiger partial charge on any atom is 0.324 e. The van der Waals surface area contributed by atoms with Gasteiger partial charge < -0.3 is 10.5 Å². The molecule has 7 heteroatoms. The lowest BCUT2D eigenvalue weighted by Crippen LogP contribution is -2.52. The second-order valence-electron chi connectivity index (χ2n) is 3.11. The van der Waals surface area contributed by atoms with Crippen molar-refractivity contribution in [3.8, 4) is 0 Å². The highest BCUT2D eigenvalue weighted by molar-refractivity contribution is 8.14. The minimum absolute atomic E-state index is 0.108. The monoisotopic (exact) mass is 232 g/mol. The van der Waals surface area contributed by atoms with Gasteiger partial charge in [-0.2, -0.15) is 0 Å². The van der Waals surface area contributed by atoms with Crippen LogP contribution < -0.4 is 5.73 Å². The van der Waals surface area contributed by atoms with E-state index in [4.69, 9.17) is 5.73 Å². The maximum atomic E-state index is 11.3. The van der Waals surface area contributed by atoms with Crippen molar-refractivity contribution in [2.45, 2.75) is 19.0 Å². The minimum atomic E-state index is -0.999. The molecule has 1 saturated heterocycles. The number of thioether (sulfide) groups is 1. The quantitative estimate of drug-likeness (QED) is 0.664. The number of carbonyl (C=O) groups is 3. The first-order chi connectivity index (χ1) is 6.99. The Morgan fingerprint density at radius 3 is 2.60 bits per heavy atom. The van der Waals surface area contributed by atoms with Crippen LogP contribution in [-0.2, 0) is 14.3 Å². The molecule has 15 heavy (non-hydrogen) atoms. The fraction of sp³-hybridized carbons (Fsp3) is 0.625. The summed E-state index contributed by atoms with van der Waals surface area (Å²) in [5, 5.41) is -0.369. The normalized spacial score (nSPS) is 20.3. The number of imide groups is 1. The standard InChI is InChI=1S/C8H12N2O4S/c1-4(6(9)7(12)14-2)10-5(11)3-15-8(10)13/h4,6H,3,9H2,1-2H3/t4-,6+/m1/s1. The van der Waals surface area contributed by atoms with Gasteiger partial charge in [0, 0.05) is 0 Å². The summed E-state index contributed by atoms with van der Waals surface area (Å²) in [5.74, 6) is -0.853. The highest BCUT2D eigenvalue weighted by atomic mass is 32.2. The molecule has 84 valence electrons. The van der Waals surface area contributed by atoms with Crippen LogP contribution >= 0.6 is 11.8 Å². The fourth-order valence-corrected chi connectivity index (χ4v) is 2.04. The summed E-state index contributed by atoms with van der Waals surface area (Å²) in [5.41, 5.74) is 5.55. The average Bonchev–Trinajstić information content (AvgIpc) is 2.55. The van der Waals surface area contributed by atoms with E-state index >= 15 is 0 Å². The van der Waals surface area contributed by atoms with Gasteiger partial charge in [-0.1, -0.05) is 11.8 Å². The van der Waals surface area contributed by atoms with Crippen LogP contribution in [0.15, 0.2) is 0 Å². The van der Waals surface area contributed by atoms with E-state index in [9.17, 15) is 14.4 Å². The molecule has 0 aliphatic carbocycles. The predicted molar refractivity (Wildman–Crippen MR) is 54.2 cm³/mol. The summed E-state index contributed by atoms with van der Waals surface area (Å²) >= 11 is 0.908. The van der Waals surface area contributed by atoms with Gasteiger partial charge in [-0.15, -0.1) is 0 Å². The molecule has 0 aromatic heterocycles. The van der Waals surface area contributed by atoms with Crippen LogP contribution in [0.4, 0.5) is 4.79 Å². The van der Waals surface area contributed by atoms with Crippen molar-refractivity contribution < 1.29 is 19.1 Å². The van der Waals surface area contributed by atoms with Crippen molar-refractivity contribution in [2.24, 2.45) is 5.73 Å². The topological polar surface area (TPSA) is 89.7 Å². The summed E-state index contributed by atoms with van der Waals surface area (Å²) in [4.78, 5) is 34.7. The number of esters is 1. The third-order valence-corrected chi connectivity index (χ3v) is 3.02. The largest absolute Gasteiger partial charge is 0.468 e. The average molecular weight is 232 g/mol. The molecule has 1 heterocycles. The molecule has 0 unspecified atom stereocenters. The van der Waals surface area contributed by atoms with Crippen LogP contribution in [0.3, 0.4) is 0 Å². The Morgan fingerprint density at radius 1 is 1.60 bits per heavy atom. The number of amides is 2. The Kier molecular flexibility index (Phi) is 3.70. The van der Waals surface area contributed by atoms with Gasteiger partial charge in [0.2, 0.25) is 5.91 Å². The van der Waals surface area contributed by atoms with Gasteiger partial charge in [-0.3, -0.25) is 19.3 Å². The van der Waals surface area contributed by atoms with Crippen molar-refractivity contribution in [2.75, 3.05) is 12.9 Å². The van der Waals surface area contributed by atoms with Crippen LogP contribution in [0.2, 0.25) is 0 Å². The number of carbonyl (C=O) groups excluding carboxylic acids is 3. The third kappa shape index (κ3) is 2.29. The molecule has 6 nitrogen and oxygen atoms in total. The number of hydrogen-bond donors (Lipinski definition) is 1. The maximum absolute atomic E-state index is 11.3. The molecule has 0 aromatic rings. The van der Waals surface area contributed by atoms with Gasteiger partial charge in [0.25, 0.3) is 5.24 Å². The molecule has 0 saturated carbocycles. The first kappa shape index (κ1) is 12.0. The lowest BCUT2D eigenvalue weighted by Gasteiger charge is -2.25. The molecule has 1 aliphatic rings. The van der Waals surface area contributed by atoms with Crippen molar-refractivity contribution in [3.63, 3.8) is 0 Å². The molecule has 2 amide bonds. The summed E-state index contributed by atoms with van der Waals surface area (Å²) in [6.07, 6.45) is 0. The van der Waals surface area contributed by atoms with Crippen molar-refractivity contribution in [3.05, 3.63) is 0 Å². The summed E-state index contributed by atoms with van der Waals surface area (Å²) in [7, 11) is 1.21. The molecule has 1 aliphatic heterocycles. The van der Waals surface area contributed by atoms with Gasteiger partial charge in [0.05, 0.1) is 18.9 Å². The zero-order valence-corrected chi connectivity index (χ0v) is 9.24. The highest BCUT2D eigenvalue weighted by Gasteiger charge is 2.38. The van der Waals surface area contributed by atoms with E-state index in [2.05, 4.69) is 4.74 Å². The number of methoxy groups -OCH3 is 1. The van der Waals surface area contributed by atoms with E-state index in [-0.39, 0.29) is 16.9 Å². The Bertz CT molecular complexity index is 291. The number of nitrogens with two attached hydrogens (primary N) is 1. The van der Waals surface area contributed by atoms with Crippen LogP contribution in [0.5, 0.6) is 0 Å². The molecule has 0 bridgehead atoms. The van der Waals surface area contributed by atoms with Gasteiger partial charge in [0.1, 0.15) is 6.04 Å². The van der Waals surface area contributed by atoms with E-state index in [1.54, 1.807) is 6.92 Å². The highest BCUT2D eigenvalue weighted by Crippen LogP contribution is 2.22. The Hall–Kier alpha value is -1.08. The lowest BCUT2D eigenvalue weighted by molar-refractivity contribution is -0.144. The van der Waals surface area contributed by atoms with E-state index in [0.29, 0.717) is 0 Å². The minimum Gasteiger partial charge on any atom is -0.468 e. The molecule has 0 radical (unpaired) electrons. The number of hydrogen-bond acceptors (Lipinski definition) is 6. The Morgan fingerprint density at radius 2 is 2.20 bits per heavy atom. The molecule has 0 spiro atoms. The summed E-state index contributed by atoms with van der Waals surface area (Å²) in [6.45, 7) is 1.54. The molecule has 0 aromatic carbocycles. The molecular weight excluding hydrogens is 220 g/mol. The second-order valence-corrected chi connectivity index (χ2v) is 4.03. The van der Waals surface area contributed by atoms with Crippen LogP contribution in [-0.4, -0.2) is 47.0 Å². The first-order valence-corrected chi connectivity index (χ1v) is 5.29. The summed E-state index contributed by atoms with van der Waals surface area (Å²) < 4.78 is 4.44. The second kappa shape index (κ2) is 4.63. The van der Waals surface area contributed by atoms with Crippen LogP contribution in [0.1, 0.15) is 6.92 Å². The van der Waals surface area contributed by atoms with Gasteiger partial charge >= 0.3 is 5.97 Å². The van der Waals surface area contributed by atoms with E-state index in [1.807, 2.05) is 0 Å². The third-order valence-electron chi connectivity index (χ3n) is 2.18. The van der Waals surface area contributed by atoms with Crippen molar-refractivity contribution >= 4 is 28.9 Å². The molecule has 2 N–H and O–H groups in total. The smallest absolute Gasteiger partial charge is 0.324 e. The Labute approximate surface area is 91.1 Å². The predicted octanol–water partition coefficient (Wildman–Crippen LogP) is -0.429. The first-order valence-electron chi connectivity index (χ1n) is 4.31. The van der Waals surface area contributed by atoms with E-state index < -0.39 is 18.1 Å². The van der Waals surface area contributed by atoms with Crippen molar-refractivity contribution in [1.82, 2.24) is 4.90 Å². The number of rotatable bonds is 3. The van der Waals surface area contributed by atoms with Gasteiger partial charge in [0.15, 0.2) is 0 Å². The van der Waals surface area contributed by atoms with Gasteiger partial charge in [-0.25, -0.2) is 0 Å². The zero-order valence-electron chi connectivity index (χ0n) is 8.43. The van der Waals surface area contributed by atoms with E-state index in [0.717, 1.165) is 16.7 Å². The molecular formula is C8H12N2O4S. The fourth-order valence-electron chi connectivity index (χ4n) is 1.25. The Balaban J connectivity index is 2.75. The van der Waals surface area contributed by atoms with Crippen LogP contribution in [0.25, 0.3) is 0 Å². The summed E-state index contributed by atoms with van der Waals surface area (Å²) in [6, 6.07) is -1.67. The zero-order chi connectivity index (χ0) is 11.6.